The number of nitrogens with one attached hydrogen (secondary N) is 1. The Morgan fingerprint density at radius 1 is 1.61 bits per heavy atom. The van der Waals surface area contributed by atoms with E-state index < -0.39 is 11.5 Å². The molecule has 1 aliphatic rings. The molecule has 0 aromatic rings. The number of rotatable bonds is 7. The number of carboxylic acid groups (broad SMARTS) is 1. The number of likely N-dealkylation sites (N-methyl/N-ethyl adjacent to an activating group) is 1. The smallest absolute Gasteiger partial charge is 0.323 e. The summed E-state index contributed by atoms with van der Waals surface area (Å²) in [6.45, 7) is 5.08. The van der Waals surface area contributed by atoms with Crippen LogP contribution in [-0.4, -0.2) is 49.1 Å². The molecule has 3 atom stereocenters. The third-order valence-electron chi connectivity index (χ3n) is 3.46. The average molecular weight is 259 g/mol. The molecule has 0 bridgehead atoms. The fourth-order valence-electron chi connectivity index (χ4n) is 2.71. The lowest BCUT2D eigenvalue weighted by molar-refractivity contribution is -0.150. The number of aliphatic carboxylic acids is 1. The molecule has 0 aliphatic heterocycles. The van der Waals surface area contributed by atoms with Crippen molar-refractivity contribution in [3.05, 3.63) is 0 Å². The Kier molecular flexibility index (Phi) is 6.05. The molecule has 3 unspecified atom stereocenters. The fraction of sp³-hybridized carbons (Fsp3) is 0.923. The summed E-state index contributed by atoms with van der Waals surface area (Å²) < 4.78 is 10.9. The number of hydrogen-bond acceptors (Lipinski definition) is 4. The first kappa shape index (κ1) is 15.4. The van der Waals surface area contributed by atoms with Gasteiger partial charge in [-0.25, -0.2) is 0 Å². The van der Waals surface area contributed by atoms with Gasteiger partial charge in [0.15, 0.2) is 0 Å². The zero-order valence-electron chi connectivity index (χ0n) is 11.6. The van der Waals surface area contributed by atoms with Gasteiger partial charge in [-0.3, -0.25) is 4.79 Å². The van der Waals surface area contributed by atoms with Crippen molar-refractivity contribution in [1.29, 1.82) is 0 Å². The van der Waals surface area contributed by atoms with E-state index in [1.54, 1.807) is 7.11 Å². The topological polar surface area (TPSA) is 67.8 Å². The predicted molar refractivity (Wildman–Crippen MR) is 68.7 cm³/mol. The summed E-state index contributed by atoms with van der Waals surface area (Å²) in [5, 5.41) is 12.6. The zero-order chi connectivity index (χ0) is 13.6. The van der Waals surface area contributed by atoms with Crippen molar-refractivity contribution in [2.75, 3.05) is 20.3 Å². The van der Waals surface area contributed by atoms with Gasteiger partial charge in [-0.05, 0) is 32.7 Å². The van der Waals surface area contributed by atoms with Crippen LogP contribution in [0, 0.1) is 0 Å². The van der Waals surface area contributed by atoms with Crippen LogP contribution in [-0.2, 0) is 14.3 Å². The predicted octanol–water partition coefficient (Wildman–Crippen LogP) is 1.41. The van der Waals surface area contributed by atoms with Crippen molar-refractivity contribution >= 4 is 5.97 Å². The molecule has 0 spiro atoms. The van der Waals surface area contributed by atoms with Gasteiger partial charge >= 0.3 is 5.97 Å². The minimum atomic E-state index is -0.815. The molecule has 0 aromatic heterocycles. The summed E-state index contributed by atoms with van der Waals surface area (Å²) in [7, 11) is 1.64. The van der Waals surface area contributed by atoms with Crippen LogP contribution in [0.25, 0.3) is 0 Å². The molecule has 2 N–H and O–H groups in total. The molecule has 0 amide bonds. The van der Waals surface area contributed by atoms with Gasteiger partial charge in [-0.15, -0.1) is 0 Å². The highest BCUT2D eigenvalue weighted by atomic mass is 16.5. The Morgan fingerprint density at radius 2 is 2.33 bits per heavy atom. The van der Waals surface area contributed by atoms with E-state index in [1.807, 2.05) is 13.8 Å². The normalized spacial score (nSPS) is 30.1. The second-order valence-electron chi connectivity index (χ2n) is 5.04. The van der Waals surface area contributed by atoms with Crippen LogP contribution in [0.2, 0.25) is 0 Å². The number of carboxylic acids is 1. The molecule has 106 valence electrons. The highest BCUT2D eigenvalue weighted by molar-refractivity contribution is 5.79. The first-order valence-corrected chi connectivity index (χ1v) is 6.67. The first-order chi connectivity index (χ1) is 8.54. The van der Waals surface area contributed by atoms with E-state index in [9.17, 15) is 9.90 Å². The second kappa shape index (κ2) is 7.07. The van der Waals surface area contributed by atoms with Gasteiger partial charge in [0.1, 0.15) is 5.54 Å². The quantitative estimate of drug-likeness (QED) is 0.723. The monoisotopic (exact) mass is 259 g/mol. The highest BCUT2D eigenvalue weighted by Crippen LogP contribution is 2.31. The van der Waals surface area contributed by atoms with E-state index in [-0.39, 0.29) is 12.2 Å². The summed E-state index contributed by atoms with van der Waals surface area (Å²) in [6, 6.07) is 0. The fourth-order valence-corrected chi connectivity index (χ4v) is 2.71. The third kappa shape index (κ3) is 3.93. The Balaban J connectivity index is 2.60. The van der Waals surface area contributed by atoms with Gasteiger partial charge in [0.2, 0.25) is 0 Å². The van der Waals surface area contributed by atoms with Crippen molar-refractivity contribution in [2.45, 2.75) is 57.3 Å². The standard InChI is InChI=1S/C13H25NO4/c1-4-14-13(12(15)16)7-5-6-11(8-13)18-10(2)9-17-3/h10-11,14H,4-9H2,1-3H3,(H,15,16). The van der Waals surface area contributed by atoms with E-state index >= 15 is 0 Å². The lowest BCUT2D eigenvalue weighted by Crippen LogP contribution is -2.56. The summed E-state index contributed by atoms with van der Waals surface area (Å²) >= 11 is 0. The number of methoxy groups -OCH3 is 1. The molecule has 1 rings (SSSR count). The number of ether oxygens (including phenoxy) is 2. The maximum atomic E-state index is 11.5. The molecular formula is C13H25NO4. The molecule has 18 heavy (non-hydrogen) atoms. The van der Waals surface area contributed by atoms with Gasteiger partial charge in [-0.1, -0.05) is 6.92 Å². The summed E-state index contributed by atoms with van der Waals surface area (Å²) in [5.74, 6) is -0.767. The van der Waals surface area contributed by atoms with E-state index in [1.165, 1.54) is 0 Å². The largest absolute Gasteiger partial charge is 0.480 e. The SMILES string of the molecule is CCNC1(C(=O)O)CCCC(OC(C)COC)C1. The molecule has 0 saturated heterocycles. The maximum absolute atomic E-state index is 11.5. The van der Waals surface area contributed by atoms with Gasteiger partial charge < -0.3 is 19.9 Å². The van der Waals surface area contributed by atoms with Crippen molar-refractivity contribution in [2.24, 2.45) is 0 Å². The molecule has 0 heterocycles. The molecule has 1 fully saturated rings. The molecule has 1 aliphatic carbocycles. The first-order valence-electron chi connectivity index (χ1n) is 6.67. The number of carbonyl (C=O) groups is 1. The maximum Gasteiger partial charge on any atom is 0.323 e. The lowest BCUT2D eigenvalue weighted by Gasteiger charge is -2.38. The molecular weight excluding hydrogens is 234 g/mol. The van der Waals surface area contributed by atoms with Gasteiger partial charge in [0.05, 0.1) is 18.8 Å². The Labute approximate surface area is 109 Å². The van der Waals surface area contributed by atoms with Crippen LogP contribution in [0.1, 0.15) is 39.5 Å². The molecule has 0 aromatic carbocycles. The van der Waals surface area contributed by atoms with Crippen LogP contribution in [0.4, 0.5) is 0 Å². The Hall–Kier alpha value is -0.650. The average Bonchev–Trinajstić information content (AvgIpc) is 2.29. The minimum Gasteiger partial charge on any atom is -0.480 e. The van der Waals surface area contributed by atoms with E-state index in [0.29, 0.717) is 26.0 Å². The molecule has 5 nitrogen and oxygen atoms in total. The van der Waals surface area contributed by atoms with Crippen molar-refractivity contribution in [3.63, 3.8) is 0 Å². The van der Waals surface area contributed by atoms with Crippen LogP contribution >= 0.6 is 0 Å². The van der Waals surface area contributed by atoms with Crippen molar-refractivity contribution in [3.8, 4) is 0 Å². The Bertz CT molecular complexity index is 268. The summed E-state index contributed by atoms with van der Waals surface area (Å²) in [4.78, 5) is 11.5. The molecule has 1 saturated carbocycles. The van der Waals surface area contributed by atoms with E-state index in [4.69, 9.17) is 9.47 Å². The van der Waals surface area contributed by atoms with Crippen LogP contribution in [0.15, 0.2) is 0 Å². The third-order valence-corrected chi connectivity index (χ3v) is 3.46. The minimum absolute atomic E-state index is 0.000880. The van der Waals surface area contributed by atoms with E-state index in [2.05, 4.69) is 5.32 Å². The van der Waals surface area contributed by atoms with Crippen LogP contribution in [0.5, 0.6) is 0 Å². The van der Waals surface area contributed by atoms with Gasteiger partial charge in [-0.2, -0.15) is 0 Å². The molecule has 0 radical (unpaired) electrons. The second-order valence-corrected chi connectivity index (χ2v) is 5.04. The highest BCUT2D eigenvalue weighted by Gasteiger charge is 2.42. The summed E-state index contributed by atoms with van der Waals surface area (Å²) in [5.41, 5.74) is -0.815. The van der Waals surface area contributed by atoms with Crippen molar-refractivity contribution < 1.29 is 19.4 Å². The Morgan fingerprint density at radius 3 is 2.89 bits per heavy atom. The van der Waals surface area contributed by atoms with E-state index in [0.717, 1.165) is 12.8 Å². The summed E-state index contributed by atoms with van der Waals surface area (Å²) in [6.07, 6.45) is 3.02. The van der Waals surface area contributed by atoms with Gasteiger partial charge in [0, 0.05) is 13.5 Å². The van der Waals surface area contributed by atoms with Crippen molar-refractivity contribution in [1.82, 2.24) is 5.32 Å². The van der Waals surface area contributed by atoms with Crippen LogP contribution < -0.4 is 5.32 Å². The lowest BCUT2D eigenvalue weighted by atomic mass is 9.80. The zero-order valence-corrected chi connectivity index (χ0v) is 11.6. The number of hydrogen-bond donors (Lipinski definition) is 2. The van der Waals surface area contributed by atoms with Crippen LogP contribution in [0.3, 0.4) is 0 Å². The van der Waals surface area contributed by atoms with Gasteiger partial charge in [0.25, 0.3) is 0 Å². The molecule has 5 heteroatoms.